The van der Waals surface area contributed by atoms with E-state index in [1.165, 1.54) is 17.8 Å². The van der Waals surface area contributed by atoms with Crippen LogP contribution in [-0.4, -0.2) is 0 Å². The van der Waals surface area contributed by atoms with Gasteiger partial charge in [0.05, 0.1) is 0 Å². The minimum absolute atomic E-state index is 0.893. The fraction of sp³-hybridized carbons (Fsp3) is 1.00. The predicted octanol–water partition coefficient (Wildman–Crippen LogP) is 4.00. The molecule has 3 unspecified atom stereocenters. The summed E-state index contributed by atoms with van der Waals surface area (Å²) >= 11 is 0. The van der Waals surface area contributed by atoms with Crippen LogP contribution in [0.2, 0.25) is 0 Å². The molecule has 3 atom stereocenters. The molecule has 4 fully saturated rings. The molecule has 0 aromatic rings. The van der Waals surface area contributed by atoms with E-state index in [9.17, 15) is 0 Å². The minimum atomic E-state index is 0.893. The van der Waals surface area contributed by atoms with Gasteiger partial charge in [-0.3, -0.25) is 0 Å². The van der Waals surface area contributed by atoms with Gasteiger partial charge in [0.15, 0.2) is 0 Å². The van der Waals surface area contributed by atoms with Crippen LogP contribution in [0.25, 0.3) is 0 Å². The molecule has 0 nitrogen and oxygen atoms in total. The highest BCUT2D eigenvalue weighted by atomic mass is 14.6. The van der Waals surface area contributed by atoms with Crippen LogP contribution in [0.4, 0.5) is 0 Å². The first-order chi connectivity index (χ1) is 6.86. The maximum atomic E-state index is 1.64. The lowest BCUT2D eigenvalue weighted by atomic mass is 9.66. The molecule has 0 N–H and O–H groups in total. The Bertz CT molecular complexity index is 247. The first-order valence-electron chi connectivity index (χ1n) is 6.86. The Morgan fingerprint density at radius 2 is 1.64 bits per heavy atom. The van der Waals surface area contributed by atoms with Gasteiger partial charge in [-0.05, 0) is 80.5 Å². The van der Waals surface area contributed by atoms with E-state index in [1.807, 2.05) is 0 Å². The molecule has 0 heteroatoms. The quantitative estimate of drug-likeness (QED) is 0.586. The molecule has 0 saturated heterocycles. The summed E-state index contributed by atoms with van der Waals surface area (Å²) in [5.74, 6) is 4.69. The Morgan fingerprint density at radius 1 is 0.786 bits per heavy atom. The van der Waals surface area contributed by atoms with E-state index >= 15 is 0 Å². The molecular weight excluding hydrogens is 168 g/mol. The zero-order valence-corrected chi connectivity index (χ0v) is 9.17. The first kappa shape index (κ1) is 8.19. The van der Waals surface area contributed by atoms with Gasteiger partial charge in [-0.25, -0.2) is 0 Å². The number of rotatable bonds is 1. The van der Waals surface area contributed by atoms with Gasteiger partial charge in [-0.2, -0.15) is 0 Å². The summed E-state index contributed by atoms with van der Waals surface area (Å²) in [6.45, 7) is 0. The monoisotopic (exact) mass is 190 g/mol. The van der Waals surface area contributed by atoms with Gasteiger partial charge in [0.25, 0.3) is 0 Å². The van der Waals surface area contributed by atoms with E-state index in [1.54, 1.807) is 57.8 Å². The normalized spacial score (nSPS) is 60.0. The van der Waals surface area contributed by atoms with Crippen LogP contribution < -0.4 is 0 Å². The van der Waals surface area contributed by atoms with Gasteiger partial charge < -0.3 is 0 Å². The average Bonchev–Trinajstić information content (AvgIpc) is 2.98. The molecule has 0 aromatic heterocycles. The Labute approximate surface area is 87.5 Å². The lowest BCUT2D eigenvalue weighted by Gasteiger charge is -2.39. The fourth-order valence-corrected chi connectivity index (χ4v) is 5.75. The Morgan fingerprint density at radius 3 is 2.14 bits per heavy atom. The molecule has 14 heavy (non-hydrogen) atoms. The van der Waals surface area contributed by atoms with E-state index < -0.39 is 0 Å². The molecule has 4 saturated carbocycles. The summed E-state index contributed by atoms with van der Waals surface area (Å²) in [5, 5.41) is 0. The summed E-state index contributed by atoms with van der Waals surface area (Å²) in [5.41, 5.74) is 0.893. The molecule has 0 aliphatic heterocycles. The van der Waals surface area contributed by atoms with E-state index in [2.05, 4.69) is 0 Å². The third-order valence-corrected chi connectivity index (χ3v) is 6.32. The van der Waals surface area contributed by atoms with Gasteiger partial charge in [-0.15, -0.1) is 0 Å². The van der Waals surface area contributed by atoms with E-state index in [0.29, 0.717) is 0 Å². The number of hydrogen-bond acceptors (Lipinski definition) is 0. The molecule has 4 bridgehead atoms. The topological polar surface area (TPSA) is 0 Å². The molecule has 78 valence electrons. The van der Waals surface area contributed by atoms with Crippen molar-refractivity contribution in [1.82, 2.24) is 0 Å². The fourth-order valence-electron chi connectivity index (χ4n) is 5.75. The number of fused-ring (bicyclic) bond motifs is 4. The Kier molecular flexibility index (Phi) is 1.50. The highest BCUT2D eigenvalue weighted by Gasteiger charge is 2.55. The zero-order valence-electron chi connectivity index (χ0n) is 9.17. The molecule has 0 spiro atoms. The van der Waals surface area contributed by atoms with Gasteiger partial charge >= 0.3 is 0 Å². The molecule has 0 radical (unpaired) electrons. The van der Waals surface area contributed by atoms with Gasteiger partial charge in [0, 0.05) is 0 Å². The second kappa shape index (κ2) is 2.57. The van der Waals surface area contributed by atoms with Crippen molar-refractivity contribution in [3.05, 3.63) is 0 Å². The average molecular weight is 190 g/mol. The van der Waals surface area contributed by atoms with Crippen molar-refractivity contribution in [2.45, 2.75) is 57.8 Å². The van der Waals surface area contributed by atoms with Crippen molar-refractivity contribution in [3.63, 3.8) is 0 Å². The summed E-state index contributed by atoms with van der Waals surface area (Å²) in [6.07, 6.45) is 14.5. The number of hydrogen-bond donors (Lipinski definition) is 0. The van der Waals surface area contributed by atoms with E-state index in [4.69, 9.17) is 0 Å². The third kappa shape index (κ3) is 0.907. The second-order valence-corrected chi connectivity index (χ2v) is 6.79. The van der Waals surface area contributed by atoms with Gasteiger partial charge in [0.2, 0.25) is 0 Å². The zero-order chi connectivity index (χ0) is 9.17. The van der Waals surface area contributed by atoms with Crippen LogP contribution in [0.5, 0.6) is 0 Å². The minimum Gasteiger partial charge on any atom is -0.0502 e. The van der Waals surface area contributed by atoms with Crippen molar-refractivity contribution in [3.8, 4) is 0 Å². The van der Waals surface area contributed by atoms with E-state index in [0.717, 1.165) is 11.3 Å². The molecule has 0 amide bonds. The molecule has 4 aliphatic carbocycles. The van der Waals surface area contributed by atoms with Crippen LogP contribution in [0, 0.1) is 29.1 Å². The van der Waals surface area contributed by atoms with Crippen LogP contribution in [-0.2, 0) is 0 Å². The van der Waals surface area contributed by atoms with Crippen LogP contribution >= 0.6 is 0 Å². The van der Waals surface area contributed by atoms with Crippen LogP contribution in [0.3, 0.4) is 0 Å². The molecule has 0 aromatic carbocycles. The summed E-state index contributed by atoms with van der Waals surface area (Å²) < 4.78 is 0. The van der Waals surface area contributed by atoms with Crippen molar-refractivity contribution in [2.75, 3.05) is 0 Å². The third-order valence-electron chi connectivity index (χ3n) is 6.32. The lowest BCUT2D eigenvalue weighted by molar-refractivity contribution is 0.110. The van der Waals surface area contributed by atoms with Crippen LogP contribution in [0.1, 0.15) is 57.8 Å². The largest absolute Gasteiger partial charge is 0.0502 e. The smallest absolute Gasteiger partial charge is 0.0264 e. The van der Waals surface area contributed by atoms with Crippen molar-refractivity contribution >= 4 is 0 Å². The maximum Gasteiger partial charge on any atom is -0.0264 e. The predicted molar refractivity (Wildman–Crippen MR) is 57.9 cm³/mol. The second-order valence-electron chi connectivity index (χ2n) is 6.79. The van der Waals surface area contributed by atoms with Gasteiger partial charge in [0.1, 0.15) is 0 Å². The highest BCUT2D eigenvalue weighted by molar-refractivity contribution is 5.05. The van der Waals surface area contributed by atoms with Gasteiger partial charge in [-0.1, -0.05) is 6.42 Å². The van der Waals surface area contributed by atoms with Crippen molar-refractivity contribution in [2.24, 2.45) is 29.1 Å². The molecular formula is C14H22. The molecule has 4 rings (SSSR count). The molecule has 4 aliphatic rings. The summed E-state index contributed by atoms with van der Waals surface area (Å²) in [4.78, 5) is 0. The van der Waals surface area contributed by atoms with E-state index in [-0.39, 0.29) is 0 Å². The van der Waals surface area contributed by atoms with Crippen molar-refractivity contribution < 1.29 is 0 Å². The Balaban J connectivity index is 1.63. The standard InChI is InChI=1S/C14H22/c1-2-12-7-11(1)8-13(12)14-5-3-10(9-14)4-6-14/h10-13H,1-9H2. The lowest BCUT2D eigenvalue weighted by Crippen LogP contribution is -2.30. The van der Waals surface area contributed by atoms with Crippen LogP contribution in [0.15, 0.2) is 0 Å². The van der Waals surface area contributed by atoms with Crippen molar-refractivity contribution in [1.29, 1.82) is 0 Å². The SMILES string of the molecule is C1CC2CC1CC2C12CCC(CC1)C2. The first-order valence-corrected chi connectivity index (χ1v) is 6.86. The Hall–Kier alpha value is 0. The molecule has 0 heterocycles. The highest BCUT2D eigenvalue weighted by Crippen LogP contribution is 2.65. The summed E-state index contributed by atoms with van der Waals surface area (Å²) in [7, 11) is 0. The summed E-state index contributed by atoms with van der Waals surface area (Å²) in [6, 6.07) is 0. The maximum absolute atomic E-state index is 1.64.